The Morgan fingerprint density at radius 3 is 2.75 bits per heavy atom. The first kappa shape index (κ1) is 7.49. The number of hydrogen-bond acceptors (Lipinski definition) is 3. The Hall–Kier alpha value is -1.16. The first-order chi connectivity index (χ1) is 5.68. The lowest BCUT2D eigenvalue weighted by molar-refractivity contribution is -0.107. The minimum Gasteiger partial charge on any atom is -0.284 e. The minimum absolute atomic E-state index is 0.311. The number of ketones is 1. The summed E-state index contributed by atoms with van der Waals surface area (Å²) in [7, 11) is 0. The first-order valence-electron chi connectivity index (χ1n) is 3.24. The van der Waals surface area contributed by atoms with Gasteiger partial charge in [0, 0.05) is 10.5 Å². The highest BCUT2D eigenvalue weighted by Crippen LogP contribution is 2.32. The fourth-order valence-corrected chi connectivity index (χ4v) is 1.87. The fraction of sp³-hybridized carbons (Fsp3) is 0. The molecule has 4 heteroatoms. The topological polar surface area (TPSA) is 34.1 Å². The highest BCUT2D eigenvalue weighted by atomic mass is 32.2. The Balaban J connectivity index is 2.62. The van der Waals surface area contributed by atoms with Gasteiger partial charge in [-0.2, -0.15) is 0 Å². The molecule has 0 saturated heterocycles. The van der Waals surface area contributed by atoms with Gasteiger partial charge in [0.15, 0.2) is 0 Å². The second kappa shape index (κ2) is 2.42. The number of hydrogen-bond donors (Lipinski definition) is 0. The second-order valence-electron chi connectivity index (χ2n) is 2.36. The van der Waals surface area contributed by atoms with Gasteiger partial charge in [0.2, 0.25) is 5.78 Å². The van der Waals surface area contributed by atoms with Crippen LogP contribution in [0.25, 0.3) is 0 Å². The summed E-state index contributed by atoms with van der Waals surface area (Å²) in [4.78, 5) is 22.3. The third kappa shape index (κ3) is 0.956. The molecule has 0 fully saturated rings. The summed E-state index contributed by atoms with van der Waals surface area (Å²) >= 11 is 0.785. The van der Waals surface area contributed by atoms with Crippen LogP contribution in [0.2, 0.25) is 0 Å². The number of carbonyl (C=O) groups is 2. The quantitative estimate of drug-likeness (QED) is 0.572. The lowest BCUT2D eigenvalue weighted by Gasteiger charge is -1.92. The third-order valence-corrected chi connectivity index (χ3v) is 2.50. The standard InChI is InChI=1S/C8H3FO2S/c9-4-1-2-5-6(3-4)12-8(11)7(5)10/h1-3H. The van der Waals surface area contributed by atoms with Gasteiger partial charge in [-0.15, -0.1) is 0 Å². The molecule has 0 bridgehead atoms. The largest absolute Gasteiger partial charge is 0.284 e. The molecule has 0 aromatic heterocycles. The van der Waals surface area contributed by atoms with Gasteiger partial charge in [0.25, 0.3) is 5.12 Å². The summed E-state index contributed by atoms with van der Waals surface area (Å²) < 4.78 is 12.6. The molecule has 0 saturated carbocycles. The zero-order valence-corrected chi connectivity index (χ0v) is 6.65. The first-order valence-corrected chi connectivity index (χ1v) is 4.06. The van der Waals surface area contributed by atoms with Gasteiger partial charge in [-0.3, -0.25) is 9.59 Å². The Morgan fingerprint density at radius 1 is 1.25 bits per heavy atom. The van der Waals surface area contributed by atoms with Crippen LogP contribution < -0.4 is 0 Å². The molecular formula is C8H3FO2S. The molecule has 0 N–H and O–H groups in total. The van der Waals surface area contributed by atoms with Crippen molar-refractivity contribution in [2.45, 2.75) is 4.90 Å². The number of fused-ring (bicyclic) bond motifs is 1. The van der Waals surface area contributed by atoms with E-state index in [-0.39, 0.29) is 0 Å². The van der Waals surface area contributed by atoms with Gasteiger partial charge in [-0.05, 0) is 30.0 Å². The lowest BCUT2D eigenvalue weighted by Crippen LogP contribution is -2.01. The average Bonchev–Trinajstić information content (AvgIpc) is 2.28. The number of rotatable bonds is 0. The van der Waals surface area contributed by atoms with E-state index in [0.29, 0.717) is 10.5 Å². The molecule has 1 aliphatic rings. The second-order valence-corrected chi connectivity index (χ2v) is 3.37. The van der Waals surface area contributed by atoms with E-state index in [1.54, 1.807) is 0 Å². The molecule has 0 atom stereocenters. The van der Waals surface area contributed by atoms with Crippen molar-refractivity contribution in [3.8, 4) is 0 Å². The van der Waals surface area contributed by atoms with Crippen molar-refractivity contribution in [1.29, 1.82) is 0 Å². The van der Waals surface area contributed by atoms with E-state index in [1.165, 1.54) is 18.2 Å². The van der Waals surface area contributed by atoms with E-state index in [0.717, 1.165) is 11.8 Å². The van der Waals surface area contributed by atoms with Crippen LogP contribution in [0, 0.1) is 5.82 Å². The molecule has 2 nitrogen and oxygen atoms in total. The van der Waals surface area contributed by atoms with Crippen LogP contribution in [-0.2, 0) is 4.79 Å². The highest BCUT2D eigenvalue weighted by molar-refractivity contribution is 8.16. The van der Waals surface area contributed by atoms with Gasteiger partial charge in [-0.1, -0.05) is 0 Å². The monoisotopic (exact) mass is 182 g/mol. The summed E-state index contributed by atoms with van der Waals surface area (Å²) in [6, 6.07) is 3.71. The molecule has 0 spiro atoms. The number of benzene rings is 1. The van der Waals surface area contributed by atoms with Crippen molar-refractivity contribution in [2.24, 2.45) is 0 Å². The van der Waals surface area contributed by atoms with E-state index in [9.17, 15) is 14.0 Å². The lowest BCUT2D eigenvalue weighted by atomic mass is 10.1. The molecule has 60 valence electrons. The summed E-state index contributed by atoms with van der Waals surface area (Å²) in [6.07, 6.45) is 0. The maximum Gasteiger partial charge on any atom is 0.264 e. The number of thioether (sulfide) groups is 1. The van der Waals surface area contributed by atoms with Gasteiger partial charge in [0.05, 0.1) is 0 Å². The minimum atomic E-state index is -0.532. The summed E-state index contributed by atoms with van der Waals surface area (Å²) in [6.45, 7) is 0. The maximum atomic E-state index is 12.6. The van der Waals surface area contributed by atoms with Gasteiger partial charge < -0.3 is 0 Å². The summed E-state index contributed by atoms with van der Waals surface area (Å²) in [5.41, 5.74) is 0.311. The molecule has 2 rings (SSSR count). The Kier molecular flexibility index (Phi) is 1.51. The van der Waals surface area contributed by atoms with Crippen LogP contribution in [0.3, 0.4) is 0 Å². The molecule has 12 heavy (non-hydrogen) atoms. The third-order valence-electron chi connectivity index (χ3n) is 1.58. The molecule has 0 aliphatic carbocycles. The highest BCUT2D eigenvalue weighted by Gasteiger charge is 2.29. The van der Waals surface area contributed by atoms with E-state index in [1.807, 2.05) is 0 Å². The van der Waals surface area contributed by atoms with Crippen molar-refractivity contribution >= 4 is 22.7 Å². The smallest absolute Gasteiger partial charge is 0.264 e. The molecule has 1 aromatic carbocycles. The van der Waals surface area contributed by atoms with E-state index < -0.39 is 16.7 Å². The number of halogens is 1. The molecule has 0 radical (unpaired) electrons. The predicted molar refractivity (Wildman–Crippen MR) is 41.6 cm³/mol. The zero-order chi connectivity index (χ0) is 8.72. The maximum absolute atomic E-state index is 12.6. The molecule has 1 aliphatic heterocycles. The number of Topliss-reactive ketones (excluding diaryl/α,β-unsaturated/α-hetero) is 1. The van der Waals surface area contributed by atoms with Gasteiger partial charge in [-0.25, -0.2) is 4.39 Å². The molecule has 1 heterocycles. The van der Waals surface area contributed by atoms with Crippen molar-refractivity contribution in [3.05, 3.63) is 29.6 Å². The van der Waals surface area contributed by atoms with Gasteiger partial charge in [0.1, 0.15) is 5.82 Å². The van der Waals surface area contributed by atoms with Crippen LogP contribution in [0.1, 0.15) is 10.4 Å². The van der Waals surface area contributed by atoms with Crippen LogP contribution in [0.15, 0.2) is 23.1 Å². The molecular weight excluding hydrogens is 179 g/mol. The van der Waals surface area contributed by atoms with Crippen LogP contribution >= 0.6 is 11.8 Å². The SMILES string of the molecule is O=C1Sc2cc(F)ccc2C1=O. The molecule has 0 unspecified atom stereocenters. The number of carbonyl (C=O) groups excluding carboxylic acids is 2. The van der Waals surface area contributed by atoms with E-state index >= 15 is 0 Å². The van der Waals surface area contributed by atoms with Crippen LogP contribution in [0.5, 0.6) is 0 Å². The Bertz CT molecular complexity index is 387. The van der Waals surface area contributed by atoms with Crippen molar-refractivity contribution in [1.82, 2.24) is 0 Å². The zero-order valence-electron chi connectivity index (χ0n) is 5.83. The summed E-state index contributed by atoms with van der Waals surface area (Å²) in [5, 5.41) is -0.532. The van der Waals surface area contributed by atoms with Crippen molar-refractivity contribution < 1.29 is 14.0 Å². The summed E-state index contributed by atoms with van der Waals surface area (Å²) in [5.74, 6) is -0.959. The Labute approximate surface area is 71.8 Å². The normalized spacial score (nSPS) is 15.1. The van der Waals surface area contributed by atoms with E-state index in [2.05, 4.69) is 0 Å². The fourth-order valence-electron chi connectivity index (χ4n) is 1.02. The predicted octanol–water partition coefficient (Wildman–Crippen LogP) is 1.64. The van der Waals surface area contributed by atoms with Gasteiger partial charge >= 0.3 is 0 Å². The Morgan fingerprint density at radius 2 is 2.00 bits per heavy atom. The van der Waals surface area contributed by atoms with Crippen LogP contribution in [0.4, 0.5) is 4.39 Å². The van der Waals surface area contributed by atoms with Crippen molar-refractivity contribution in [3.63, 3.8) is 0 Å². The van der Waals surface area contributed by atoms with E-state index in [4.69, 9.17) is 0 Å². The molecule has 0 amide bonds. The van der Waals surface area contributed by atoms with Crippen LogP contribution in [-0.4, -0.2) is 10.9 Å². The average molecular weight is 182 g/mol. The molecule has 1 aromatic rings. The van der Waals surface area contributed by atoms with Crippen molar-refractivity contribution in [2.75, 3.05) is 0 Å².